The van der Waals surface area contributed by atoms with Crippen LogP contribution >= 0.6 is 0 Å². The van der Waals surface area contributed by atoms with Crippen LogP contribution < -0.4 is 34.4 Å². The molecule has 0 aliphatic heterocycles. The van der Waals surface area contributed by atoms with Crippen LogP contribution in [-0.2, 0) is 14.3 Å². The van der Waals surface area contributed by atoms with Crippen molar-refractivity contribution < 1.29 is 14.3 Å². The van der Waals surface area contributed by atoms with E-state index in [4.69, 9.17) is 37.3 Å². The van der Waals surface area contributed by atoms with Crippen molar-refractivity contribution in [3.8, 4) is 0 Å². The van der Waals surface area contributed by atoms with Gasteiger partial charge in [-0.2, -0.15) is 0 Å². The number of hydrogen-bond donors (Lipinski definition) is 6. The smallest absolute Gasteiger partial charge is 0.204 e. The molecular weight excluding hydrogens is 252 g/mol. The summed E-state index contributed by atoms with van der Waals surface area (Å²) in [7, 11) is 0. The van der Waals surface area contributed by atoms with Gasteiger partial charge in [0.25, 0.3) is 0 Å². The van der Waals surface area contributed by atoms with Crippen molar-refractivity contribution in [2.24, 2.45) is 34.4 Å². The van der Waals surface area contributed by atoms with Crippen molar-refractivity contribution in [2.45, 2.75) is 51.2 Å². The highest BCUT2D eigenvalue weighted by Crippen LogP contribution is 2.11. The molecule has 0 radical (unpaired) electrons. The third-order valence-electron chi connectivity index (χ3n) is 2.16. The molecule has 116 valence electrons. The van der Waals surface area contributed by atoms with Gasteiger partial charge in [0.15, 0.2) is 0 Å². The Kier molecular flexibility index (Phi) is 12.8. The van der Waals surface area contributed by atoms with E-state index in [2.05, 4.69) is 11.5 Å². The summed E-state index contributed by atoms with van der Waals surface area (Å²) in [5, 5.41) is 0. The molecule has 0 aliphatic carbocycles. The minimum Gasteiger partial charge on any atom is -0.372 e. The zero-order valence-corrected chi connectivity index (χ0v) is 12.0. The van der Waals surface area contributed by atoms with Crippen LogP contribution in [0.25, 0.3) is 0 Å². The van der Waals surface area contributed by atoms with Gasteiger partial charge in [-0.15, -0.1) is 0 Å². The number of primary amides is 2. The quantitative estimate of drug-likeness (QED) is 0.236. The molecule has 2 atom stereocenters. The lowest BCUT2D eigenvalue weighted by Gasteiger charge is -2.34. The second-order valence-electron chi connectivity index (χ2n) is 4.42. The lowest BCUT2D eigenvalue weighted by molar-refractivity contribution is -0.107. The largest absolute Gasteiger partial charge is 0.372 e. The van der Waals surface area contributed by atoms with Gasteiger partial charge in [-0.05, 0) is 27.7 Å². The zero-order chi connectivity index (χ0) is 16.3. The van der Waals surface area contributed by atoms with Crippen molar-refractivity contribution in [1.29, 1.82) is 0 Å². The van der Waals surface area contributed by atoms with E-state index < -0.39 is 11.3 Å². The molecular formula is C10H28N6O3. The van der Waals surface area contributed by atoms with Crippen molar-refractivity contribution in [3.05, 3.63) is 0 Å². The first kappa shape index (κ1) is 22.9. The highest BCUT2D eigenvalue weighted by Gasteiger charge is 2.29. The van der Waals surface area contributed by atoms with Crippen LogP contribution in [-0.4, -0.2) is 36.4 Å². The Bertz CT molecular complexity index is 212. The van der Waals surface area contributed by atoms with Crippen LogP contribution in [0.15, 0.2) is 0 Å². The predicted octanol–water partition coefficient (Wildman–Crippen LogP) is -2.75. The lowest BCUT2D eigenvalue weighted by atomic mass is 10.1. The van der Waals surface area contributed by atoms with E-state index in [0.717, 1.165) is 0 Å². The van der Waals surface area contributed by atoms with E-state index >= 15 is 0 Å². The number of carbonyl (C=O) groups is 2. The van der Waals surface area contributed by atoms with Crippen LogP contribution in [0.3, 0.4) is 0 Å². The normalized spacial score (nSPS) is 13.9. The molecule has 0 bridgehead atoms. The third kappa shape index (κ3) is 16.7. The Morgan fingerprint density at radius 3 is 1.11 bits per heavy atom. The Morgan fingerprint density at radius 1 is 0.842 bits per heavy atom. The summed E-state index contributed by atoms with van der Waals surface area (Å²) in [5.74, 6) is 0. The van der Waals surface area contributed by atoms with Gasteiger partial charge < -0.3 is 39.1 Å². The Hall–Kier alpha value is -1.26. The van der Waals surface area contributed by atoms with Gasteiger partial charge in [0.2, 0.25) is 12.8 Å². The van der Waals surface area contributed by atoms with Crippen LogP contribution in [0.4, 0.5) is 0 Å². The van der Waals surface area contributed by atoms with Gasteiger partial charge in [0.05, 0.1) is 23.5 Å². The molecule has 0 aromatic rings. The predicted molar refractivity (Wildman–Crippen MR) is 74.1 cm³/mol. The molecule has 9 nitrogen and oxygen atoms in total. The van der Waals surface area contributed by atoms with E-state index in [1.54, 1.807) is 27.7 Å². The second kappa shape index (κ2) is 10.6. The molecule has 19 heavy (non-hydrogen) atoms. The Morgan fingerprint density at radius 2 is 1.00 bits per heavy atom. The molecule has 0 fully saturated rings. The molecule has 0 saturated heterocycles. The van der Waals surface area contributed by atoms with Gasteiger partial charge >= 0.3 is 0 Å². The van der Waals surface area contributed by atoms with E-state index in [-0.39, 0.29) is 25.0 Å². The summed E-state index contributed by atoms with van der Waals surface area (Å²) in [6, 6.07) is 0. The number of nitrogens with two attached hydrogens (primary N) is 6. The fraction of sp³-hybridized carbons (Fsp3) is 0.800. The molecule has 0 aromatic heterocycles. The van der Waals surface area contributed by atoms with Gasteiger partial charge in [0.1, 0.15) is 0 Å². The van der Waals surface area contributed by atoms with E-state index in [1.165, 1.54) is 0 Å². The lowest BCUT2D eigenvalue weighted by Crippen LogP contribution is -2.61. The van der Waals surface area contributed by atoms with Crippen LogP contribution in [0.1, 0.15) is 27.7 Å². The molecule has 0 spiro atoms. The highest BCUT2D eigenvalue weighted by molar-refractivity contribution is 5.42. The number of hydrogen-bond acceptors (Lipinski definition) is 7. The fourth-order valence-corrected chi connectivity index (χ4v) is 0.599. The molecule has 0 saturated carbocycles. The van der Waals surface area contributed by atoms with E-state index in [1.807, 2.05) is 0 Å². The minimum absolute atomic E-state index is 0.250. The standard InChI is InChI=1S/C8H22N4O.2CH3NO/c1-5(7(3,9)10)13-6(2)8(4,11)12;2*2-1-3/h5-6H,9-12H2,1-4H3;2*1H,(H2,2,3). The monoisotopic (exact) mass is 280 g/mol. The summed E-state index contributed by atoms with van der Waals surface area (Å²) in [6.07, 6.45) is -0.0946. The van der Waals surface area contributed by atoms with Crippen LogP contribution in [0.5, 0.6) is 0 Å². The van der Waals surface area contributed by atoms with E-state index in [9.17, 15) is 0 Å². The molecule has 0 aliphatic rings. The Balaban J connectivity index is -0.000000360. The molecule has 2 amide bonds. The third-order valence-corrected chi connectivity index (χ3v) is 2.16. The van der Waals surface area contributed by atoms with Crippen molar-refractivity contribution in [2.75, 3.05) is 0 Å². The summed E-state index contributed by atoms with van der Waals surface area (Å²) < 4.78 is 5.48. The van der Waals surface area contributed by atoms with Gasteiger partial charge in [0, 0.05) is 0 Å². The van der Waals surface area contributed by atoms with Gasteiger partial charge in [-0.3, -0.25) is 9.59 Å². The van der Waals surface area contributed by atoms with Gasteiger partial charge in [-0.25, -0.2) is 0 Å². The first-order valence-corrected chi connectivity index (χ1v) is 5.50. The number of amides is 2. The number of carbonyl (C=O) groups excluding carboxylic acids is 2. The van der Waals surface area contributed by atoms with Crippen molar-refractivity contribution >= 4 is 12.8 Å². The van der Waals surface area contributed by atoms with Gasteiger partial charge in [-0.1, -0.05) is 0 Å². The van der Waals surface area contributed by atoms with Crippen molar-refractivity contribution in [3.63, 3.8) is 0 Å². The fourth-order valence-electron chi connectivity index (χ4n) is 0.599. The maximum absolute atomic E-state index is 8.58. The number of ether oxygens (including phenoxy) is 1. The maximum Gasteiger partial charge on any atom is 0.204 e. The summed E-state index contributed by atoms with van der Waals surface area (Å²) in [5.41, 5.74) is 29.1. The SMILES string of the molecule is CC(OC(C)C(C)(N)N)C(C)(N)N.NC=O.NC=O. The highest BCUT2D eigenvalue weighted by atomic mass is 16.5. The first-order valence-electron chi connectivity index (χ1n) is 5.50. The maximum atomic E-state index is 8.58. The van der Waals surface area contributed by atoms with Crippen molar-refractivity contribution in [1.82, 2.24) is 0 Å². The Labute approximate surface area is 114 Å². The second-order valence-corrected chi connectivity index (χ2v) is 4.42. The average molecular weight is 280 g/mol. The summed E-state index contributed by atoms with van der Waals surface area (Å²) in [4.78, 5) is 17.2. The summed E-state index contributed by atoms with van der Waals surface area (Å²) >= 11 is 0. The molecule has 0 heterocycles. The zero-order valence-electron chi connectivity index (χ0n) is 12.0. The molecule has 2 unspecified atom stereocenters. The minimum atomic E-state index is -0.875. The molecule has 9 heteroatoms. The number of rotatable bonds is 4. The average Bonchev–Trinajstić information content (AvgIpc) is 2.16. The topological polar surface area (TPSA) is 199 Å². The summed E-state index contributed by atoms with van der Waals surface area (Å²) in [6.45, 7) is 6.97. The first-order chi connectivity index (χ1) is 8.38. The van der Waals surface area contributed by atoms with Crippen LogP contribution in [0, 0.1) is 0 Å². The van der Waals surface area contributed by atoms with E-state index in [0.29, 0.717) is 0 Å². The van der Waals surface area contributed by atoms with Crippen LogP contribution in [0.2, 0.25) is 0 Å². The molecule has 12 N–H and O–H groups in total. The molecule has 0 rings (SSSR count). The molecule has 0 aromatic carbocycles.